The third-order valence-corrected chi connectivity index (χ3v) is 5.76. The minimum absolute atomic E-state index is 0.00403. The molecule has 3 aromatic rings. The number of aromatic nitrogens is 2. The first-order valence-corrected chi connectivity index (χ1v) is 10.00. The zero-order valence-corrected chi connectivity index (χ0v) is 17.3. The Morgan fingerprint density at radius 1 is 1.26 bits per heavy atom. The standard InChI is InChI=1S/C14H17F3.C9H7N3O2/c1-9-7-12(15)3-4-13(9)11-5-6-14(16,17)10(2)8-11;10-9(14)8-7-5(1-3-12-8)11-4-2-6(7)13/h3-4,7,10-11H,5-6,8H2,1-2H3;1-4H,(H2,10,14)(H,11,13). The lowest BCUT2D eigenvalue weighted by Gasteiger charge is -2.34. The van der Waals surface area contributed by atoms with Gasteiger partial charge < -0.3 is 10.7 Å². The van der Waals surface area contributed by atoms with Gasteiger partial charge in [-0.25, -0.2) is 13.2 Å². The number of primary amides is 1. The second-order valence-corrected chi connectivity index (χ2v) is 7.92. The Bertz CT molecular complexity index is 1160. The van der Waals surface area contributed by atoms with Gasteiger partial charge in [-0.05, 0) is 55.0 Å². The van der Waals surface area contributed by atoms with Crippen molar-refractivity contribution in [2.24, 2.45) is 11.7 Å². The Labute approximate surface area is 177 Å². The van der Waals surface area contributed by atoms with E-state index in [0.717, 1.165) is 11.1 Å². The average Bonchev–Trinajstić information content (AvgIpc) is 2.71. The summed E-state index contributed by atoms with van der Waals surface area (Å²) in [6.45, 7) is 3.45. The van der Waals surface area contributed by atoms with Gasteiger partial charge in [-0.15, -0.1) is 0 Å². The van der Waals surface area contributed by atoms with Gasteiger partial charge >= 0.3 is 0 Å². The average molecular weight is 431 g/mol. The van der Waals surface area contributed by atoms with Crippen LogP contribution < -0.4 is 11.2 Å². The van der Waals surface area contributed by atoms with Crippen LogP contribution in [-0.4, -0.2) is 21.8 Å². The van der Waals surface area contributed by atoms with Crippen molar-refractivity contribution in [1.29, 1.82) is 0 Å². The molecule has 3 N–H and O–H groups in total. The minimum Gasteiger partial charge on any atom is -0.364 e. The smallest absolute Gasteiger partial charge is 0.268 e. The number of H-pyrrole nitrogens is 1. The van der Waals surface area contributed by atoms with Crippen LogP contribution in [0.5, 0.6) is 0 Å². The molecule has 8 heteroatoms. The second kappa shape index (κ2) is 8.91. The summed E-state index contributed by atoms with van der Waals surface area (Å²) in [4.78, 5) is 29.0. The Kier molecular flexibility index (Phi) is 6.48. The number of rotatable bonds is 2. The number of alkyl halides is 2. The van der Waals surface area contributed by atoms with E-state index < -0.39 is 17.7 Å². The molecule has 5 nitrogen and oxygen atoms in total. The predicted molar refractivity (Wildman–Crippen MR) is 113 cm³/mol. The first-order valence-electron chi connectivity index (χ1n) is 10.00. The molecule has 31 heavy (non-hydrogen) atoms. The molecule has 2 heterocycles. The van der Waals surface area contributed by atoms with Gasteiger partial charge in [0.2, 0.25) is 0 Å². The van der Waals surface area contributed by atoms with Gasteiger partial charge in [-0.3, -0.25) is 14.6 Å². The Morgan fingerprint density at radius 2 is 2.00 bits per heavy atom. The molecular weight excluding hydrogens is 407 g/mol. The number of carbonyl (C=O) groups is 1. The maximum absolute atomic E-state index is 13.4. The lowest BCUT2D eigenvalue weighted by atomic mass is 9.75. The van der Waals surface area contributed by atoms with Crippen molar-refractivity contribution >= 4 is 16.8 Å². The third kappa shape index (κ3) is 4.95. The summed E-state index contributed by atoms with van der Waals surface area (Å²) >= 11 is 0. The van der Waals surface area contributed by atoms with Crippen LogP contribution >= 0.6 is 0 Å². The molecule has 4 rings (SSSR count). The van der Waals surface area contributed by atoms with Crippen LogP contribution in [0.3, 0.4) is 0 Å². The van der Waals surface area contributed by atoms with Crippen molar-refractivity contribution in [3.8, 4) is 0 Å². The van der Waals surface area contributed by atoms with Gasteiger partial charge in [0, 0.05) is 30.8 Å². The van der Waals surface area contributed by atoms with Crippen molar-refractivity contribution in [2.75, 3.05) is 0 Å². The molecule has 2 aromatic heterocycles. The van der Waals surface area contributed by atoms with E-state index in [1.807, 2.05) is 6.92 Å². The summed E-state index contributed by atoms with van der Waals surface area (Å²) in [5.74, 6) is -3.95. The molecule has 164 valence electrons. The quantitative estimate of drug-likeness (QED) is 0.617. The van der Waals surface area contributed by atoms with Crippen molar-refractivity contribution < 1.29 is 18.0 Å². The summed E-state index contributed by atoms with van der Waals surface area (Å²) in [5.41, 5.74) is 7.28. The Balaban J connectivity index is 0.000000179. The first-order chi connectivity index (χ1) is 14.6. The molecule has 0 radical (unpaired) electrons. The third-order valence-electron chi connectivity index (χ3n) is 5.76. The SMILES string of the molecule is Cc1cc(F)ccc1C1CCC(F)(F)C(C)C1.NC(=O)c1nccc2[nH]ccc(=O)c12. The summed E-state index contributed by atoms with van der Waals surface area (Å²) in [5, 5.41) is 0.238. The monoisotopic (exact) mass is 431 g/mol. The molecule has 0 spiro atoms. The topological polar surface area (TPSA) is 88.8 Å². The van der Waals surface area contributed by atoms with Crippen molar-refractivity contribution in [3.05, 3.63) is 75.6 Å². The van der Waals surface area contributed by atoms with Crippen LogP contribution in [0.15, 0.2) is 47.5 Å². The summed E-state index contributed by atoms with van der Waals surface area (Å²) in [6.07, 6.45) is 3.85. The van der Waals surface area contributed by atoms with E-state index in [4.69, 9.17) is 5.73 Å². The van der Waals surface area contributed by atoms with Crippen LogP contribution in [0.1, 0.15) is 53.7 Å². The van der Waals surface area contributed by atoms with Crippen LogP contribution in [0, 0.1) is 18.7 Å². The number of fused-ring (bicyclic) bond motifs is 1. The zero-order valence-electron chi connectivity index (χ0n) is 17.3. The molecule has 2 unspecified atom stereocenters. The van der Waals surface area contributed by atoms with E-state index in [1.165, 1.54) is 30.6 Å². The predicted octanol–water partition coefficient (Wildman–Crippen LogP) is 4.70. The number of nitrogens with zero attached hydrogens (tertiary/aromatic N) is 1. The Hall–Kier alpha value is -3.16. The van der Waals surface area contributed by atoms with E-state index in [1.54, 1.807) is 19.1 Å². The summed E-state index contributed by atoms with van der Waals surface area (Å²) in [6, 6.07) is 7.58. The number of benzene rings is 1. The highest BCUT2D eigenvalue weighted by Gasteiger charge is 2.42. The highest BCUT2D eigenvalue weighted by Crippen LogP contribution is 2.45. The number of amides is 1. The molecule has 0 aliphatic heterocycles. The van der Waals surface area contributed by atoms with Gasteiger partial charge in [-0.1, -0.05) is 13.0 Å². The maximum Gasteiger partial charge on any atom is 0.268 e. The number of aromatic amines is 1. The normalized spacial score (nSPS) is 20.0. The number of nitrogens with one attached hydrogen (secondary N) is 1. The fourth-order valence-corrected chi connectivity index (χ4v) is 4.02. The minimum atomic E-state index is -2.54. The number of halogens is 3. The molecule has 1 aliphatic rings. The van der Waals surface area contributed by atoms with Crippen molar-refractivity contribution in [1.82, 2.24) is 9.97 Å². The molecule has 1 aromatic carbocycles. The molecule has 2 atom stereocenters. The lowest BCUT2D eigenvalue weighted by Crippen LogP contribution is -2.32. The van der Waals surface area contributed by atoms with E-state index in [0.29, 0.717) is 18.4 Å². The highest BCUT2D eigenvalue weighted by molar-refractivity contribution is 6.03. The first kappa shape index (κ1) is 22.5. The van der Waals surface area contributed by atoms with Crippen LogP contribution in [-0.2, 0) is 0 Å². The number of pyridine rings is 2. The van der Waals surface area contributed by atoms with Crippen molar-refractivity contribution in [3.63, 3.8) is 0 Å². The van der Waals surface area contributed by atoms with E-state index in [-0.39, 0.29) is 34.7 Å². The lowest BCUT2D eigenvalue weighted by molar-refractivity contribution is -0.0830. The van der Waals surface area contributed by atoms with E-state index in [9.17, 15) is 22.8 Å². The highest BCUT2D eigenvalue weighted by atomic mass is 19.3. The van der Waals surface area contributed by atoms with Crippen LogP contribution in [0.4, 0.5) is 13.2 Å². The van der Waals surface area contributed by atoms with Crippen molar-refractivity contribution in [2.45, 2.75) is 45.0 Å². The zero-order chi connectivity index (χ0) is 22.8. The number of aryl methyl sites for hydroxylation is 1. The molecule has 1 amide bonds. The van der Waals surface area contributed by atoms with Gasteiger partial charge in [0.1, 0.15) is 11.5 Å². The number of hydrogen-bond donors (Lipinski definition) is 2. The molecular formula is C23H24F3N3O2. The molecule has 0 saturated heterocycles. The fourth-order valence-electron chi connectivity index (χ4n) is 4.02. The van der Waals surface area contributed by atoms with Gasteiger partial charge in [0.05, 0.1) is 10.9 Å². The molecule has 1 aliphatic carbocycles. The largest absolute Gasteiger partial charge is 0.364 e. The fraction of sp³-hybridized carbons (Fsp3) is 0.348. The summed E-state index contributed by atoms with van der Waals surface area (Å²) in [7, 11) is 0. The van der Waals surface area contributed by atoms with Gasteiger partial charge in [-0.2, -0.15) is 0 Å². The van der Waals surface area contributed by atoms with E-state index in [2.05, 4.69) is 9.97 Å². The molecule has 1 saturated carbocycles. The number of hydrogen-bond acceptors (Lipinski definition) is 3. The molecule has 0 bridgehead atoms. The maximum atomic E-state index is 13.4. The number of carbonyl (C=O) groups excluding carboxylic acids is 1. The number of nitrogens with two attached hydrogens (primary N) is 1. The molecule has 1 fully saturated rings. The second-order valence-electron chi connectivity index (χ2n) is 7.92. The van der Waals surface area contributed by atoms with E-state index >= 15 is 0 Å². The summed E-state index contributed by atoms with van der Waals surface area (Å²) < 4.78 is 39.8. The van der Waals surface area contributed by atoms with Crippen LogP contribution in [0.25, 0.3) is 10.9 Å². The van der Waals surface area contributed by atoms with Gasteiger partial charge in [0.15, 0.2) is 5.43 Å². The van der Waals surface area contributed by atoms with Gasteiger partial charge in [0.25, 0.3) is 11.8 Å². The Morgan fingerprint density at radius 3 is 2.65 bits per heavy atom. The van der Waals surface area contributed by atoms with Crippen LogP contribution in [0.2, 0.25) is 0 Å².